The molecule has 1 aromatic carbocycles. The number of carbonyl (C=O) groups is 1. The average molecular weight is 418 g/mol. The zero-order chi connectivity index (χ0) is 21.8. The smallest absolute Gasteiger partial charge is 0.269 e. The fourth-order valence-electron chi connectivity index (χ4n) is 3.31. The van der Waals surface area contributed by atoms with Gasteiger partial charge in [-0.2, -0.15) is 5.10 Å². The monoisotopic (exact) mass is 418 g/mol. The molecular formula is C23H22N4O4. The van der Waals surface area contributed by atoms with Gasteiger partial charge >= 0.3 is 0 Å². The topological polar surface area (TPSA) is 91.4 Å². The predicted octanol–water partition coefficient (Wildman–Crippen LogP) is 3.69. The first-order chi connectivity index (χ1) is 15.1. The second kappa shape index (κ2) is 8.74. The number of carbonyl (C=O) groups excluding carboxylic acids is 1. The number of pyridine rings is 1. The van der Waals surface area contributed by atoms with Crippen molar-refractivity contribution in [2.24, 2.45) is 7.05 Å². The number of hydrogen-bond donors (Lipinski definition) is 1. The van der Waals surface area contributed by atoms with Crippen LogP contribution < -0.4 is 14.8 Å². The number of aromatic nitrogens is 3. The van der Waals surface area contributed by atoms with Gasteiger partial charge < -0.3 is 19.2 Å². The van der Waals surface area contributed by atoms with Crippen molar-refractivity contribution >= 4 is 5.91 Å². The number of ether oxygens (including phenoxy) is 2. The average Bonchev–Trinajstić information content (AvgIpc) is 3.47. The maximum absolute atomic E-state index is 12.9. The number of aryl methyl sites for hydroxylation is 1. The van der Waals surface area contributed by atoms with Crippen LogP contribution in [0.3, 0.4) is 0 Å². The minimum atomic E-state index is -0.252. The van der Waals surface area contributed by atoms with Crippen LogP contribution in [0.25, 0.3) is 22.7 Å². The Kier molecular flexibility index (Phi) is 5.70. The molecule has 8 nitrogen and oxygen atoms in total. The van der Waals surface area contributed by atoms with Gasteiger partial charge in [-0.25, -0.2) is 0 Å². The number of benzene rings is 1. The zero-order valence-corrected chi connectivity index (χ0v) is 17.5. The van der Waals surface area contributed by atoms with Crippen molar-refractivity contribution in [1.82, 2.24) is 20.1 Å². The molecule has 3 aromatic heterocycles. The number of hydrogen-bond acceptors (Lipinski definition) is 6. The van der Waals surface area contributed by atoms with E-state index in [1.807, 2.05) is 30.3 Å². The van der Waals surface area contributed by atoms with Gasteiger partial charge in [0.15, 0.2) is 5.76 Å². The fraction of sp³-hybridized carbons (Fsp3) is 0.174. The van der Waals surface area contributed by atoms with Crippen molar-refractivity contribution < 1.29 is 18.7 Å². The number of amides is 1. The molecule has 0 aliphatic carbocycles. The van der Waals surface area contributed by atoms with Crippen molar-refractivity contribution in [2.75, 3.05) is 14.2 Å². The van der Waals surface area contributed by atoms with Crippen molar-refractivity contribution in [3.05, 3.63) is 72.2 Å². The summed E-state index contributed by atoms with van der Waals surface area (Å²) in [5, 5.41) is 7.43. The molecule has 0 bridgehead atoms. The summed E-state index contributed by atoms with van der Waals surface area (Å²) >= 11 is 0. The van der Waals surface area contributed by atoms with Crippen LogP contribution in [0.1, 0.15) is 16.1 Å². The van der Waals surface area contributed by atoms with Crippen LogP contribution in [0.4, 0.5) is 0 Å². The molecule has 0 saturated heterocycles. The first-order valence-corrected chi connectivity index (χ1v) is 9.63. The van der Waals surface area contributed by atoms with E-state index in [2.05, 4.69) is 15.4 Å². The summed E-state index contributed by atoms with van der Waals surface area (Å²) in [5.41, 5.74) is 3.32. The maximum atomic E-state index is 12.9. The van der Waals surface area contributed by atoms with Crippen molar-refractivity contribution in [3.8, 4) is 34.2 Å². The number of nitrogens with one attached hydrogen (secondary N) is 1. The lowest BCUT2D eigenvalue weighted by Crippen LogP contribution is -2.25. The highest BCUT2D eigenvalue weighted by Crippen LogP contribution is 2.33. The summed E-state index contributed by atoms with van der Waals surface area (Å²) in [5.74, 6) is 1.72. The zero-order valence-electron chi connectivity index (χ0n) is 17.5. The number of nitrogens with zero attached hydrogens (tertiary/aromatic N) is 3. The summed E-state index contributed by atoms with van der Waals surface area (Å²) in [6, 6.07) is 14.5. The van der Waals surface area contributed by atoms with E-state index in [9.17, 15) is 4.79 Å². The Morgan fingerprint density at radius 3 is 2.74 bits per heavy atom. The molecule has 1 N–H and O–H groups in total. The number of methoxy groups -OCH3 is 2. The van der Waals surface area contributed by atoms with Crippen LogP contribution >= 0.6 is 0 Å². The maximum Gasteiger partial charge on any atom is 0.269 e. The Morgan fingerprint density at radius 2 is 2.00 bits per heavy atom. The molecule has 0 aliphatic heterocycles. The third-order valence-electron chi connectivity index (χ3n) is 4.88. The lowest BCUT2D eigenvalue weighted by molar-refractivity contribution is 0.0941. The van der Waals surface area contributed by atoms with E-state index < -0.39 is 0 Å². The van der Waals surface area contributed by atoms with Gasteiger partial charge in [0.2, 0.25) is 0 Å². The van der Waals surface area contributed by atoms with Gasteiger partial charge in [-0.3, -0.25) is 14.5 Å². The molecule has 0 unspecified atom stereocenters. The summed E-state index contributed by atoms with van der Waals surface area (Å²) < 4.78 is 17.7. The lowest BCUT2D eigenvalue weighted by atomic mass is 10.1. The van der Waals surface area contributed by atoms with E-state index in [4.69, 9.17) is 13.9 Å². The van der Waals surface area contributed by atoms with Crippen LogP contribution in [-0.2, 0) is 13.6 Å². The number of furan rings is 1. The molecule has 0 fully saturated rings. The van der Waals surface area contributed by atoms with Crippen LogP contribution in [0.15, 0.2) is 65.4 Å². The predicted molar refractivity (Wildman–Crippen MR) is 115 cm³/mol. The normalized spacial score (nSPS) is 10.7. The van der Waals surface area contributed by atoms with Crippen LogP contribution in [-0.4, -0.2) is 34.9 Å². The Hall–Kier alpha value is -4.07. The van der Waals surface area contributed by atoms with Gasteiger partial charge in [-0.1, -0.05) is 6.07 Å². The lowest BCUT2D eigenvalue weighted by Gasteiger charge is -2.08. The Morgan fingerprint density at radius 1 is 1.13 bits per heavy atom. The van der Waals surface area contributed by atoms with E-state index in [0.717, 1.165) is 11.1 Å². The van der Waals surface area contributed by atoms with E-state index in [0.29, 0.717) is 40.9 Å². The molecule has 4 aromatic rings. The Bertz CT molecular complexity index is 1200. The van der Waals surface area contributed by atoms with Crippen molar-refractivity contribution in [3.63, 3.8) is 0 Å². The van der Waals surface area contributed by atoms with Gasteiger partial charge in [0.05, 0.1) is 26.2 Å². The second-order valence-corrected chi connectivity index (χ2v) is 6.78. The highest BCUT2D eigenvalue weighted by Gasteiger charge is 2.18. The highest BCUT2D eigenvalue weighted by molar-refractivity contribution is 5.94. The van der Waals surface area contributed by atoms with Crippen molar-refractivity contribution in [2.45, 2.75) is 6.54 Å². The largest absolute Gasteiger partial charge is 0.497 e. The third-order valence-corrected chi connectivity index (χ3v) is 4.88. The van der Waals surface area contributed by atoms with Gasteiger partial charge in [-0.15, -0.1) is 0 Å². The molecule has 8 heteroatoms. The van der Waals surface area contributed by atoms with E-state index in [1.165, 1.54) is 0 Å². The first-order valence-electron chi connectivity index (χ1n) is 9.63. The molecule has 0 saturated carbocycles. The fourth-order valence-corrected chi connectivity index (χ4v) is 3.31. The van der Waals surface area contributed by atoms with Crippen LogP contribution in [0, 0.1) is 0 Å². The van der Waals surface area contributed by atoms with Gasteiger partial charge in [0, 0.05) is 30.9 Å². The molecular weight excluding hydrogens is 396 g/mol. The molecule has 0 aliphatic rings. The molecule has 0 radical (unpaired) electrons. The molecule has 31 heavy (non-hydrogen) atoms. The van der Waals surface area contributed by atoms with Gasteiger partial charge in [0.1, 0.15) is 22.9 Å². The van der Waals surface area contributed by atoms with Crippen molar-refractivity contribution in [1.29, 1.82) is 0 Å². The molecule has 1 amide bonds. The summed E-state index contributed by atoms with van der Waals surface area (Å²) in [6.45, 7) is 0.297. The Labute approximate surface area is 179 Å². The molecule has 3 heterocycles. The summed E-state index contributed by atoms with van der Waals surface area (Å²) in [7, 11) is 4.91. The second-order valence-electron chi connectivity index (χ2n) is 6.78. The quantitative estimate of drug-likeness (QED) is 0.492. The van der Waals surface area contributed by atoms with Crippen LogP contribution in [0.2, 0.25) is 0 Å². The molecule has 4 rings (SSSR count). The molecule has 158 valence electrons. The summed E-state index contributed by atoms with van der Waals surface area (Å²) in [4.78, 5) is 17.3. The summed E-state index contributed by atoms with van der Waals surface area (Å²) in [6.07, 6.45) is 3.29. The van der Waals surface area contributed by atoms with Crippen LogP contribution in [0.5, 0.6) is 11.5 Å². The minimum absolute atomic E-state index is 0.252. The first kappa shape index (κ1) is 20.2. The SMILES string of the molecule is COc1ccc(OC)c(-c2cc(C(=O)NCc3cccnc3-c3ccco3)n(C)n2)c1. The van der Waals surface area contributed by atoms with E-state index in [-0.39, 0.29) is 5.91 Å². The van der Waals surface area contributed by atoms with Gasteiger partial charge in [-0.05, 0) is 42.5 Å². The molecule has 0 spiro atoms. The number of rotatable bonds is 7. The van der Waals surface area contributed by atoms with Gasteiger partial charge in [0.25, 0.3) is 5.91 Å². The Balaban J connectivity index is 1.56. The highest BCUT2D eigenvalue weighted by atomic mass is 16.5. The standard InChI is InChI=1S/C23H22N4O4/c1-27-19(13-18(26-27)17-12-16(29-2)8-9-20(17)30-3)23(28)25-14-15-6-4-10-24-22(15)21-7-5-11-31-21/h4-13H,14H2,1-3H3,(H,25,28). The minimum Gasteiger partial charge on any atom is -0.497 e. The molecule has 0 atom stereocenters. The van der Waals surface area contributed by atoms with E-state index >= 15 is 0 Å². The van der Waals surface area contributed by atoms with E-state index in [1.54, 1.807) is 56.6 Å². The third kappa shape index (κ3) is 4.13.